The molecule has 10 nitrogen and oxygen atoms in total. The minimum atomic E-state index is -3.58. The van der Waals surface area contributed by atoms with Crippen LogP contribution in [0.4, 0.5) is 9.93 Å². The van der Waals surface area contributed by atoms with Crippen molar-refractivity contribution in [1.29, 1.82) is 0 Å². The van der Waals surface area contributed by atoms with E-state index >= 15 is 0 Å². The number of nitrogens with one attached hydrogen (secondary N) is 2. The Balaban J connectivity index is 1.58. The molecule has 1 unspecified atom stereocenters. The molecule has 31 heavy (non-hydrogen) atoms. The van der Waals surface area contributed by atoms with Gasteiger partial charge in [-0.1, -0.05) is 11.3 Å². The van der Waals surface area contributed by atoms with E-state index in [-0.39, 0.29) is 18.0 Å². The number of nitrogens with zero attached hydrogens (tertiary/aromatic N) is 2. The van der Waals surface area contributed by atoms with Crippen molar-refractivity contribution in [3.05, 3.63) is 18.2 Å². The fraction of sp³-hybridized carbons (Fsp3) is 0.579. The summed E-state index contributed by atoms with van der Waals surface area (Å²) in [4.78, 5) is 16.3. The molecule has 0 spiro atoms. The summed E-state index contributed by atoms with van der Waals surface area (Å²) in [6.07, 6.45) is -1.45. The Labute approximate surface area is 185 Å². The van der Waals surface area contributed by atoms with Crippen molar-refractivity contribution in [1.82, 2.24) is 14.6 Å². The van der Waals surface area contributed by atoms with Gasteiger partial charge in [0, 0.05) is 26.2 Å². The third-order valence-corrected chi connectivity index (χ3v) is 7.21. The van der Waals surface area contributed by atoms with Crippen LogP contribution < -0.4 is 10.6 Å². The van der Waals surface area contributed by atoms with Gasteiger partial charge in [0.25, 0.3) is 0 Å². The summed E-state index contributed by atoms with van der Waals surface area (Å²) < 4.78 is 38.1. The number of ether oxygens (including phenoxy) is 2. The number of thiazole rings is 1. The van der Waals surface area contributed by atoms with E-state index < -0.39 is 27.8 Å². The normalized spacial score (nSPS) is 16.8. The highest BCUT2D eigenvalue weighted by Crippen LogP contribution is 2.29. The molecule has 2 aromatic rings. The fourth-order valence-corrected chi connectivity index (χ4v) is 5.29. The van der Waals surface area contributed by atoms with E-state index in [1.807, 2.05) is 0 Å². The first-order chi connectivity index (χ1) is 14.5. The van der Waals surface area contributed by atoms with Gasteiger partial charge in [0.05, 0.1) is 34.4 Å². The molecular formula is C19H28N4O6S2. The number of amides is 1. The van der Waals surface area contributed by atoms with Crippen LogP contribution in [0.25, 0.3) is 10.2 Å². The maximum Gasteiger partial charge on any atom is 0.407 e. The molecule has 172 valence electrons. The van der Waals surface area contributed by atoms with E-state index in [2.05, 4.69) is 15.6 Å². The van der Waals surface area contributed by atoms with E-state index in [4.69, 9.17) is 9.47 Å². The lowest BCUT2D eigenvalue weighted by molar-refractivity contribution is 0.0496. The second-order valence-corrected chi connectivity index (χ2v) is 11.1. The summed E-state index contributed by atoms with van der Waals surface area (Å²) in [6, 6.07) is 4.84. The summed E-state index contributed by atoms with van der Waals surface area (Å²) in [5, 5.41) is 16.1. The molecule has 12 heteroatoms. The average molecular weight is 473 g/mol. The minimum absolute atomic E-state index is 0.0226. The summed E-state index contributed by atoms with van der Waals surface area (Å²) in [7, 11) is -3.58. The second kappa shape index (κ2) is 9.65. The number of anilines is 1. The number of aliphatic hydroxyl groups excluding tert-OH is 1. The van der Waals surface area contributed by atoms with Gasteiger partial charge in [-0.05, 0) is 39.0 Å². The Hall–Kier alpha value is -1.99. The van der Waals surface area contributed by atoms with E-state index in [1.165, 1.54) is 15.6 Å². The molecule has 3 rings (SSSR count). The summed E-state index contributed by atoms with van der Waals surface area (Å²) in [6.45, 7) is 6.92. The highest BCUT2D eigenvalue weighted by atomic mass is 32.2. The molecule has 1 amide bonds. The first kappa shape index (κ1) is 23.7. The fourth-order valence-electron chi connectivity index (χ4n) is 2.87. The van der Waals surface area contributed by atoms with E-state index in [9.17, 15) is 18.3 Å². The number of aromatic nitrogens is 1. The number of hydrogen-bond acceptors (Lipinski definition) is 9. The summed E-state index contributed by atoms with van der Waals surface area (Å²) in [5.74, 6) is 0. The predicted octanol–water partition coefficient (Wildman–Crippen LogP) is 1.61. The van der Waals surface area contributed by atoms with Crippen LogP contribution in [0.5, 0.6) is 0 Å². The van der Waals surface area contributed by atoms with Crippen molar-refractivity contribution in [3.63, 3.8) is 0 Å². The molecule has 0 aliphatic carbocycles. The Morgan fingerprint density at radius 2 is 2.03 bits per heavy atom. The molecule has 1 aromatic carbocycles. The Bertz CT molecular complexity index is 1010. The van der Waals surface area contributed by atoms with Gasteiger partial charge in [-0.15, -0.1) is 0 Å². The molecular weight excluding hydrogens is 444 g/mol. The third kappa shape index (κ3) is 6.50. The van der Waals surface area contributed by atoms with Gasteiger partial charge in [-0.25, -0.2) is 18.2 Å². The van der Waals surface area contributed by atoms with E-state index in [0.717, 1.165) is 4.70 Å². The Morgan fingerprint density at radius 1 is 1.32 bits per heavy atom. The predicted molar refractivity (Wildman–Crippen MR) is 118 cm³/mol. The molecule has 3 N–H and O–H groups in total. The number of carbonyl (C=O) groups excluding carboxylic acids is 1. The van der Waals surface area contributed by atoms with Crippen molar-refractivity contribution in [2.75, 3.05) is 44.7 Å². The quantitative estimate of drug-likeness (QED) is 0.554. The average Bonchev–Trinajstić information content (AvgIpc) is 3.12. The maximum atomic E-state index is 12.8. The van der Waals surface area contributed by atoms with Gasteiger partial charge in [0.1, 0.15) is 5.60 Å². The highest BCUT2D eigenvalue weighted by molar-refractivity contribution is 7.89. The Morgan fingerprint density at radius 3 is 2.71 bits per heavy atom. The van der Waals surface area contributed by atoms with Crippen LogP contribution in [-0.4, -0.2) is 80.0 Å². The van der Waals surface area contributed by atoms with Crippen molar-refractivity contribution < 1.29 is 27.8 Å². The van der Waals surface area contributed by atoms with Crippen LogP contribution >= 0.6 is 11.3 Å². The summed E-state index contributed by atoms with van der Waals surface area (Å²) >= 11 is 1.30. The minimum Gasteiger partial charge on any atom is -0.444 e. The lowest BCUT2D eigenvalue weighted by atomic mass is 10.2. The molecule has 1 atom stereocenters. The van der Waals surface area contributed by atoms with Crippen LogP contribution in [0.3, 0.4) is 0 Å². The summed E-state index contributed by atoms with van der Waals surface area (Å²) in [5.41, 5.74) is 0.0531. The molecule has 1 saturated heterocycles. The largest absolute Gasteiger partial charge is 0.444 e. The van der Waals surface area contributed by atoms with Crippen molar-refractivity contribution >= 4 is 42.8 Å². The number of fused-ring (bicyclic) bond motifs is 1. The number of aliphatic hydroxyl groups is 1. The number of sulfonamides is 1. The molecule has 1 fully saturated rings. The molecule has 0 bridgehead atoms. The first-order valence-corrected chi connectivity index (χ1v) is 12.2. The van der Waals surface area contributed by atoms with Gasteiger partial charge in [-0.2, -0.15) is 4.31 Å². The van der Waals surface area contributed by atoms with Crippen LogP contribution in [0.1, 0.15) is 20.8 Å². The monoisotopic (exact) mass is 472 g/mol. The number of alkyl carbamates (subject to hydrolysis) is 1. The second-order valence-electron chi connectivity index (χ2n) is 8.08. The molecule has 1 aromatic heterocycles. The van der Waals surface area contributed by atoms with Crippen LogP contribution in [0.2, 0.25) is 0 Å². The van der Waals surface area contributed by atoms with Gasteiger partial charge < -0.3 is 25.2 Å². The first-order valence-electron chi connectivity index (χ1n) is 9.92. The lowest BCUT2D eigenvalue weighted by Crippen LogP contribution is -2.40. The zero-order valence-corrected chi connectivity index (χ0v) is 19.4. The number of benzene rings is 1. The lowest BCUT2D eigenvalue weighted by Gasteiger charge is -2.25. The van der Waals surface area contributed by atoms with Crippen LogP contribution in [0, 0.1) is 0 Å². The SMILES string of the molecule is CC(C)(C)OC(=O)NCC(O)CNc1nc2ccc(S(=O)(=O)N3CCOCC3)cc2s1. The van der Waals surface area contributed by atoms with Gasteiger partial charge in [0.2, 0.25) is 10.0 Å². The third-order valence-electron chi connectivity index (χ3n) is 4.34. The number of morpholine rings is 1. The number of hydrogen-bond donors (Lipinski definition) is 3. The maximum absolute atomic E-state index is 12.8. The van der Waals surface area contributed by atoms with Crippen LogP contribution in [0.15, 0.2) is 23.1 Å². The molecule has 2 heterocycles. The van der Waals surface area contributed by atoms with Crippen molar-refractivity contribution in [2.45, 2.75) is 37.4 Å². The Kier molecular flexibility index (Phi) is 7.37. The molecule has 1 aliphatic rings. The van der Waals surface area contributed by atoms with Crippen molar-refractivity contribution in [3.8, 4) is 0 Å². The number of carbonyl (C=O) groups is 1. The van der Waals surface area contributed by atoms with Gasteiger partial charge >= 0.3 is 6.09 Å². The zero-order valence-electron chi connectivity index (χ0n) is 17.8. The molecule has 0 radical (unpaired) electrons. The topological polar surface area (TPSA) is 130 Å². The van der Waals surface area contributed by atoms with Crippen molar-refractivity contribution in [2.24, 2.45) is 0 Å². The van der Waals surface area contributed by atoms with E-state index in [0.29, 0.717) is 37.0 Å². The number of rotatable bonds is 7. The van der Waals surface area contributed by atoms with Crippen LogP contribution in [-0.2, 0) is 19.5 Å². The van der Waals surface area contributed by atoms with E-state index in [1.54, 1.807) is 39.0 Å². The van der Waals surface area contributed by atoms with Gasteiger partial charge in [-0.3, -0.25) is 0 Å². The standard InChI is InChI=1S/C19H28N4O6S2/c1-19(2,3)29-18(25)21-12-13(24)11-20-17-22-15-5-4-14(10-16(15)30-17)31(26,27)23-6-8-28-9-7-23/h4-5,10,13,24H,6-9,11-12H2,1-3H3,(H,20,22)(H,21,25). The molecule has 1 aliphatic heterocycles. The van der Waals surface area contributed by atoms with Gasteiger partial charge in [0.15, 0.2) is 5.13 Å². The zero-order chi connectivity index (χ0) is 22.6. The highest BCUT2D eigenvalue weighted by Gasteiger charge is 2.26. The smallest absolute Gasteiger partial charge is 0.407 e. The molecule has 0 saturated carbocycles.